The second-order valence-corrected chi connectivity index (χ2v) is 8.43. The van der Waals surface area contributed by atoms with E-state index in [0.717, 1.165) is 11.4 Å². The first-order valence-corrected chi connectivity index (χ1v) is 11.2. The predicted molar refractivity (Wildman–Crippen MR) is 124 cm³/mol. The van der Waals surface area contributed by atoms with Crippen LogP contribution in [-0.4, -0.2) is 20.5 Å². The number of anilines is 3. The van der Waals surface area contributed by atoms with Crippen LogP contribution < -0.4 is 19.5 Å². The third kappa shape index (κ3) is 5.16. The summed E-state index contributed by atoms with van der Waals surface area (Å²) < 4.78 is 39.1. The Morgan fingerprint density at radius 2 is 1.41 bits per heavy atom. The first kappa shape index (κ1) is 21.2. The molecule has 0 amide bonds. The number of ether oxygens (including phenoxy) is 2. The molecule has 0 saturated heterocycles. The highest BCUT2D eigenvalue weighted by atomic mass is 32.2. The lowest BCUT2D eigenvalue weighted by Gasteiger charge is -2.14. The molecule has 0 fully saturated rings. The molecule has 2 N–H and O–H groups in total. The molecule has 0 aliphatic carbocycles. The van der Waals surface area contributed by atoms with Crippen LogP contribution in [0.4, 0.5) is 17.2 Å². The van der Waals surface area contributed by atoms with E-state index in [0.29, 0.717) is 23.0 Å². The molecule has 1 heterocycles. The third-order valence-electron chi connectivity index (χ3n) is 4.52. The summed E-state index contributed by atoms with van der Waals surface area (Å²) in [5.74, 6) is 2.38. The van der Waals surface area contributed by atoms with Gasteiger partial charge in [0.2, 0.25) is 0 Å². The summed E-state index contributed by atoms with van der Waals surface area (Å²) in [5.41, 5.74) is 1.06. The van der Waals surface area contributed by atoms with Crippen molar-refractivity contribution in [2.24, 2.45) is 0 Å². The number of rotatable bonds is 8. The second-order valence-electron chi connectivity index (χ2n) is 6.75. The Balaban J connectivity index is 1.49. The Bertz CT molecular complexity index is 1280. The summed E-state index contributed by atoms with van der Waals surface area (Å²) in [6.07, 6.45) is 1.58. The molecule has 0 aliphatic rings. The Hall–Kier alpha value is -4.04. The van der Waals surface area contributed by atoms with Crippen LogP contribution in [-0.2, 0) is 10.0 Å². The predicted octanol–water partition coefficient (Wildman–Crippen LogP) is 5.43. The van der Waals surface area contributed by atoms with Crippen LogP contribution in [0.5, 0.6) is 17.2 Å². The molecular weight excluding hydrogens is 426 g/mol. The third-order valence-corrected chi connectivity index (χ3v) is 5.90. The van der Waals surface area contributed by atoms with Gasteiger partial charge in [-0.2, -0.15) is 0 Å². The zero-order chi connectivity index (χ0) is 22.4. The molecule has 8 heteroatoms. The highest BCUT2D eigenvalue weighted by Gasteiger charge is 2.17. The highest BCUT2D eigenvalue weighted by molar-refractivity contribution is 7.92. The Morgan fingerprint density at radius 3 is 2.09 bits per heavy atom. The molecule has 0 unspecified atom stereocenters. The SMILES string of the molecule is COc1ccc(S(=O)(=O)Nc2cccnc2Nc2ccc(Oc3ccccc3)cc2)cc1. The summed E-state index contributed by atoms with van der Waals surface area (Å²) in [6.45, 7) is 0. The molecule has 0 radical (unpaired) electrons. The van der Waals surface area contributed by atoms with E-state index in [4.69, 9.17) is 9.47 Å². The van der Waals surface area contributed by atoms with Gasteiger partial charge in [-0.05, 0) is 72.8 Å². The summed E-state index contributed by atoms with van der Waals surface area (Å²) in [6, 6.07) is 26.2. The molecule has 7 nitrogen and oxygen atoms in total. The van der Waals surface area contributed by atoms with Crippen molar-refractivity contribution < 1.29 is 17.9 Å². The summed E-state index contributed by atoms with van der Waals surface area (Å²) in [7, 11) is -2.28. The molecule has 0 atom stereocenters. The van der Waals surface area contributed by atoms with E-state index in [1.54, 1.807) is 30.5 Å². The number of methoxy groups -OCH3 is 1. The lowest BCUT2D eigenvalue weighted by Crippen LogP contribution is -2.14. The van der Waals surface area contributed by atoms with E-state index in [1.807, 2.05) is 54.6 Å². The zero-order valence-corrected chi connectivity index (χ0v) is 18.0. The van der Waals surface area contributed by atoms with Crippen molar-refractivity contribution in [2.75, 3.05) is 17.1 Å². The van der Waals surface area contributed by atoms with Crippen LogP contribution in [0.1, 0.15) is 0 Å². The molecule has 0 saturated carbocycles. The number of sulfonamides is 1. The molecule has 4 aromatic rings. The van der Waals surface area contributed by atoms with E-state index in [-0.39, 0.29) is 4.90 Å². The smallest absolute Gasteiger partial charge is 0.262 e. The minimum absolute atomic E-state index is 0.121. The van der Waals surface area contributed by atoms with Crippen molar-refractivity contribution in [3.63, 3.8) is 0 Å². The minimum atomic E-state index is -3.80. The van der Waals surface area contributed by atoms with Crippen molar-refractivity contribution in [3.05, 3.63) is 97.2 Å². The molecule has 1 aromatic heterocycles. The number of para-hydroxylation sites is 1. The van der Waals surface area contributed by atoms with Gasteiger partial charge in [-0.25, -0.2) is 13.4 Å². The molecule has 32 heavy (non-hydrogen) atoms. The molecular formula is C24H21N3O4S. The summed E-state index contributed by atoms with van der Waals surface area (Å²) in [4.78, 5) is 4.40. The second kappa shape index (κ2) is 9.40. The number of hydrogen-bond donors (Lipinski definition) is 2. The molecule has 0 spiro atoms. The van der Waals surface area contributed by atoms with Crippen LogP contribution in [0.2, 0.25) is 0 Å². The summed E-state index contributed by atoms with van der Waals surface area (Å²) in [5, 5.41) is 3.14. The normalized spacial score (nSPS) is 10.9. The van der Waals surface area contributed by atoms with Gasteiger partial charge in [-0.3, -0.25) is 4.72 Å². The average molecular weight is 448 g/mol. The Morgan fingerprint density at radius 1 is 0.750 bits per heavy atom. The van der Waals surface area contributed by atoms with Crippen molar-refractivity contribution in [1.29, 1.82) is 0 Å². The van der Waals surface area contributed by atoms with Crippen LogP contribution >= 0.6 is 0 Å². The fraction of sp³-hybridized carbons (Fsp3) is 0.0417. The topological polar surface area (TPSA) is 89.6 Å². The zero-order valence-electron chi connectivity index (χ0n) is 17.2. The van der Waals surface area contributed by atoms with Gasteiger partial charge < -0.3 is 14.8 Å². The van der Waals surface area contributed by atoms with Crippen molar-refractivity contribution >= 4 is 27.2 Å². The minimum Gasteiger partial charge on any atom is -0.497 e. The maximum atomic E-state index is 12.8. The molecule has 162 valence electrons. The number of nitrogens with one attached hydrogen (secondary N) is 2. The van der Waals surface area contributed by atoms with E-state index in [1.165, 1.54) is 19.2 Å². The lowest BCUT2D eigenvalue weighted by molar-refractivity contribution is 0.414. The van der Waals surface area contributed by atoms with Crippen molar-refractivity contribution in [1.82, 2.24) is 4.98 Å². The fourth-order valence-electron chi connectivity index (χ4n) is 2.91. The number of benzene rings is 3. The highest BCUT2D eigenvalue weighted by Crippen LogP contribution is 2.28. The van der Waals surface area contributed by atoms with E-state index < -0.39 is 10.0 Å². The number of aromatic nitrogens is 1. The van der Waals surface area contributed by atoms with Crippen molar-refractivity contribution in [3.8, 4) is 17.2 Å². The Kier molecular flexibility index (Phi) is 6.23. The molecule has 3 aromatic carbocycles. The molecule has 4 rings (SSSR count). The van der Waals surface area contributed by atoms with Gasteiger partial charge >= 0.3 is 0 Å². The van der Waals surface area contributed by atoms with Gasteiger partial charge in [0.15, 0.2) is 5.82 Å². The number of hydrogen-bond acceptors (Lipinski definition) is 6. The fourth-order valence-corrected chi connectivity index (χ4v) is 3.98. The van der Waals surface area contributed by atoms with E-state index in [2.05, 4.69) is 15.0 Å². The molecule has 0 aliphatic heterocycles. The van der Waals surface area contributed by atoms with Crippen LogP contribution in [0.15, 0.2) is 102 Å². The number of nitrogens with zero attached hydrogens (tertiary/aromatic N) is 1. The monoisotopic (exact) mass is 447 g/mol. The maximum absolute atomic E-state index is 12.8. The average Bonchev–Trinajstić information content (AvgIpc) is 2.82. The van der Waals surface area contributed by atoms with Gasteiger partial charge in [-0.15, -0.1) is 0 Å². The van der Waals surface area contributed by atoms with Gasteiger partial charge in [-0.1, -0.05) is 18.2 Å². The van der Waals surface area contributed by atoms with E-state index >= 15 is 0 Å². The Labute approximate surface area is 186 Å². The first-order chi connectivity index (χ1) is 15.5. The molecule has 0 bridgehead atoms. The van der Waals surface area contributed by atoms with Gasteiger partial charge in [0.05, 0.1) is 17.7 Å². The quantitative estimate of drug-likeness (QED) is 0.375. The van der Waals surface area contributed by atoms with Gasteiger partial charge in [0, 0.05) is 11.9 Å². The van der Waals surface area contributed by atoms with Crippen LogP contribution in [0.25, 0.3) is 0 Å². The van der Waals surface area contributed by atoms with Gasteiger partial charge in [0.1, 0.15) is 17.2 Å². The van der Waals surface area contributed by atoms with Gasteiger partial charge in [0.25, 0.3) is 10.0 Å². The number of pyridine rings is 1. The van der Waals surface area contributed by atoms with Crippen molar-refractivity contribution in [2.45, 2.75) is 4.90 Å². The van der Waals surface area contributed by atoms with Crippen LogP contribution in [0, 0.1) is 0 Å². The maximum Gasteiger partial charge on any atom is 0.262 e. The summed E-state index contributed by atoms with van der Waals surface area (Å²) >= 11 is 0. The first-order valence-electron chi connectivity index (χ1n) is 9.75. The largest absolute Gasteiger partial charge is 0.497 e. The standard InChI is InChI=1S/C24H21N3O4S/c1-30-19-13-15-22(16-14-19)32(28,29)27-23-8-5-17-25-24(23)26-18-9-11-21(12-10-18)31-20-6-3-2-4-7-20/h2-17,27H,1H3,(H,25,26). The lowest BCUT2D eigenvalue weighted by atomic mass is 10.3. The van der Waals surface area contributed by atoms with E-state index in [9.17, 15) is 8.42 Å². The van der Waals surface area contributed by atoms with Crippen LogP contribution in [0.3, 0.4) is 0 Å².